The number of aromatic amines is 1. The number of amides is 1. The molecule has 1 amide bonds. The first-order valence-corrected chi connectivity index (χ1v) is 10.1. The van der Waals surface area contributed by atoms with E-state index in [1.54, 1.807) is 0 Å². The fourth-order valence-corrected chi connectivity index (χ4v) is 3.83. The van der Waals surface area contributed by atoms with Gasteiger partial charge in [0.15, 0.2) is 0 Å². The number of piperidine rings is 1. The molecule has 3 aromatic rings. The maximum Gasteiger partial charge on any atom is 0.222 e. The van der Waals surface area contributed by atoms with Crippen LogP contribution in [-0.2, 0) is 4.79 Å². The highest BCUT2D eigenvalue weighted by Crippen LogP contribution is 2.28. The lowest BCUT2D eigenvalue weighted by atomic mass is 9.96. The van der Waals surface area contributed by atoms with Crippen LogP contribution in [0.2, 0.25) is 0 Å². The SMILES string of the molecule is Cc1ccc2nc(C3CCN(C(=O)CCCOc4ccccc4)CC3)[nH]c2c1. The van der Waals surface area contributed by atoms with Gasteiger partial charge in [-0.2, -0.15) is 0 Å². The van der Waals surface area contributed by atoms with Crippen LogP contribution in [-0.4, -0.2) is 40.5 Å². The summed E-state index contributed by atoms with van der Waals surface area (Å²) in [6.45, 7) is 4.28. The van der Waals surface area contributed by atoms with E-state index in [2.05, 4.69) is 30.1 Å². The van der Waals surface area contributed by atoms with Crippen molar-refractivity contribution < 1.29 is 9.53 Å². The molecule has 2 heterocycles. The van der Waals surface area contributed by atoms with E-state index in [1.807, 2.05) is 35.2 Å². The number of carbonyl (C=O) groups is 1. The number of likely N-dealkylation sites (tertiary alicyclic amines) is 1. The molecule has 0 saturated carbocycles. The van der Waals surface area contributed by atoms with E-state index in [1.165, 1.54) is 5.56 Å². The highest BCUT2D eigenvalue weighted by Gasteiger charge is 2.25. The summed E-state index contributed by atoms with van der Waals surface area (Å²) in [7, 11) is 0. The van der Waals surface area contributed by atoms with Crippen molar-refractivity contribution >= 4 is 16.9 Å². The molecule has 28 heavy (non-hydrogen) atoms. The number of nitrogens with zero attached hydrogens (tertiary/aromatic N) is 2. The summed E-state index contributed by atoms with van der Waals surface area (Å²) in [5.41, 5.74) is 3.36. The lowest BCUT2D eigenvalue weighted by Gasteiger charge is -2.31. The van der Waals surface area contributed by atoms with Crippen molar-refractivity contribution in [1.82, 2.24) is 14.9 Å². The largest absolute Gasteiger partial charge is 0.494 e. The molecule has 0 spiro atoms. The zero-order chi connectivity index (χ0) is 19.3. The summed E-state index contributed by atoms with van der Waals surface area (Å²) in [6, 6.07) is 16.0. The van der Waals surface area contributed by atoms with E-state index in [9.17, 15) is 4.79 Å². The zero-order valence-corrected chi connectivity index (χ0v) is 16.4. The summed E-state index contributed by atoms with van der Waals surface area (Å²) in [6.07, 6.45) is 3.22. The van der Waals surface area contributed by atoms with Crippen LogP contribution in [0.5, 0.6) is 5.75 Å². The Hall–Kier alpha value is -2.82. The van der Waals surface area contributed by atoms with E-state index < -0.39 is 0 Å². The third-order valence-electron chi connectivity index (χ3n) is 5.44. The van der Waals surface area contributed by atoms with Gasteiger partial charge in [0, 0.05) is 25.4 Å². The number of hydrogen-bond donors (Lipinski definition) is 1. The van der Waals surface area contributed by atoms with Gasteiger partial charge in [0.2, 0.25) is 5.91 Å². The number of fused-ring (bicyclic) bond motifs is 1. The third-order valence-corrected chi connectivity index (χ3v) is 5.44. The molecule has 0 bridgehead atoms. The number of imidazole rings is 1. The molecule has 5 nitrogen and oxygen atoms in total. The number of para-hydroxylation sites is 1. The number of carbonyl (C=O) groups excluding carboxylic acids is 1. The van der Waals surface area contributed by atoms with Crippen LogP contribution in [0.15, 0.2) is 48.5 Å². The Morgan fingerprint density at radius 1 is 1.18 bits per heavy atom. The highest BCUT2D eigenvalue weighted by molar-refractivity contribution is 5.77. The second kappa shape index (κ2) is 8.46. The number of aromatic nitrogens is 2. The molecule has 0 atom stereocenters. The Morgan fingerprint density at radius 2 is 1.96 bits per heavy atom. The smallest absolute Gasteiger partial charge is 0.222 e. The fourth-order valence-electron chi connectivity index (χ4n) is 3.83. The molecule has 146 valence electrons. The van der Waals surface area contributed by atoms with Crippen LogP contribution in [0.4, 0.5) is 0 Å². The predicted molar refractivity (Wildman–Crippen MR) is 111 cm³/mol. The summed E-state index contributed by atoms with van der Waals surface area (Å²) in [5.74, 6) is 2.55. The number of nitrogens with one attached hydrogen (secondary N) is 1. The normalized spacial score (nSPS) is 15.1. The molecule has 2 aromatic carbocycles. The monoisotopic (exact) mass is 377 g/mol. The van der Waals surface area contributed by atoms with Gasteiger partial charge < -0.3 is 14.6 Å². The molecule has 0 radical (unpaired) electrons. The number of hydrogen-bond acceptors (Lipinski definition) is 3. The molecule has 0 unspecified atom stereocenters. The number of aryl methyl sites for hydroxylation is 1. The molecular formula is C23H27N3O2. The first-order chi connectivity index (χ1) is 13.7. The molecule has 1 fully saturated rings. The van der Waals surface area contributed by atoms with E-state index >= 15 is 0 Å². The van der Waals surface area contributed by atoms with Crippen molar-refractivity contribution in [2.45, 2.75) is 38.5 Å². The first kappa shape index (κ1) is 18.5. The predicted octanol–water partition coefficient (Wildman–Crippen LogP) is 4.44. The molecule has 4 rings (SSSR count). The van der Waals surface area contributed by atoms with Crippen LogP contribution < -0.4 is 4.74 Å². The van der Waals surface area contributed by atoms with Crippen LogP contribution in [0.1, 0.15) is 43.0 Å². The minimum atomic E-state index is 0.232. The zero-order valence-electron chi connectivity index (χ0n) is 16.4. The maximum absolute atomic E-state index is 12.5. The van der Waals surface area contributed by atoms with Crippen LogP contribution in [0.25, 0.3) is 11.0 Å². The van der Waals surface area contributed by atoms with E-state index in [4.69, 9.17) is 9.72 Å². The van der Waals surface area contributed by atoms with E-state index in [-0.39, 0.29) is 5.91 Å². The van der Waals surface area contributed by atoms with Crippen molar-refractivity contribution in [2.75, 3.05) is 19.7 Å². The van der Waals surface area contributed by atoms with Gasteiger partial charge in [-0.1, -0.05) is 24.3 Å². The van der Waals surface area contributed by atoms with Crippen molar-refractivity contribution in [1.29, 1.82) is 0 Å². The van der Waals surface area contributed by atoms with E-state index in [0.29, 0.717) is 18.9 Å². The molecule has 1 aromatic heterocycles. The Labute approximate surface area is 165 Å². The number of ether oxygens (including phenoxy) is 1. The van der Waals surface area contributed by atoms with Crippen molar-refractivity contribution in [3.05, 3.63) is 59.9 Å². The molecule has 1 aliphatic rings. The van der Waals surface area contributed by atoms with Crippen LogP contribution in [0.3, 0.4) is 0 Å². The average Bonchev–Trinajstić information content (AvgIpc) is 3.15. The van der Waals surface area contributed by atoms with Crippen LogP contribution >= 0.6 is 0 Å². The summed E-state index contributed by atoms with van der Waals surface area (Å²) >= 11 is 0. The van der Waals surface area contributed by atoms with Crippen molar-refractivity contribution in [3.63, 3.8) is 0 Å². The summed E-state index contributed by atoms with van der Waals surface area (Å²) < 4.78 is 5.67. The fraction of sp³-hybridized carbons (Fsp3) is 0.391. The highest BCUT2D eigenvalue weighted by atomic mass is 16.5. The van der Waals surface area contributed by atoms with Gasteiger partial charge in [-0.3, -0.25) is 4.79 Å². The maximum atomic E-state index is 12.5. The molecule has 1 aliphatic heterocycles. The second-order valence-electron chi connectivity index (χ2n) is 7.56. The molecular weight excluding hydrogens is 350 g/mol. The Bertz CT molecular complexity index is 927. The molecule has 5 heteroatoms. The molecule has 0 aliphatic carbocycles. The number of benzene rings is 2. The third kappa shape index (κ3) is 4.35. The molecule has 1 N–H and O–H groups in total. The quantitative estimate of drug-likeness (QED) is 0.646. The van der Waals surface area contributed by atoms with Gasteiger partial charge in [-0.05, 0) is 56.0 Å². The topological polar surface area (TPSA) is 58.2 Å². The van der Waals surface area contributed by atoms with Crippen molar-refractivity contribution in [3.8, 4) is 5.75 Å². The average molecular weight is 377 g/mol. The summed E-state index contributed by atoms with van der Waals surface area (Å²) in [5, 5.41) is 0. The van der Waals surface area contributed by atoms with Crippen LogP contribution in [0, 0.1) is 6.92 Å². The lowest BCUT2D eigenvalue weighted by molar-refractivity contribution is -0.132. The van der Waals surface area contributed by atoms with E-state index in [0.717, 1.165) is 55.0 Å². The number of H-pyrrole nitrogens is 1. The lowest BCUT2D eigenvalue weighted by Crippen LogP contribution is -2.38. The molecule has 1 saturated heterocycles. The van der Waals surface area contributed by atoms with Crippen molar-refractivity contribution in [2.24, 2.45) is 0 Å². The van der Waals surface area contributed by atoms with Gasteiger partial charge in [0.05, 0.1) is 17.6 Å². The minimum Gasteiger partial charge on any atom is -0.494 e. The minimum absolute atomic E-state index is 0.232. The Kier molecular flexibility index (Phi) is 5.60. The summed E-state index contributed by atoms with van der Waals surface area (Å²) in [4.78, 5) is 22.7. The van der Waals surface area contributed by atoms with Gasteiger partial charge in [-0.25, -0.2) is 4.98 Å². The van der Waals surface area contributed by atoms with Gasteiger partial charge in [0.1, 0.15) is 11.6 Å². The first-order valence-electron chi connectivity index (χ1n) is 10.1. The number of rotatable bonds is 6. The second-order valence-corrected chi connectivity index (χ2v) is 7.56. The van der Waals surface area contributed by atoms with Gasteiger partial charge >= 0.3 is 0 Å². The van der Waals surface area contributed by atoms with Gasteiger partial charge in [0.25, 0.3) is 0 Å². The van der Waals surface area contributed by atoms with Gasteiger partial charge in [-0.15, -0.1) is 0 Å². The Morgan fingerprint density at radius 3 is 2.75 bits per heavy atom. The standard InChI is InChI=1S/C23H27N3O2/c1-17-9-10-20-21(16-17)25-23(24-20)18-11-13-26(14-12-18)22(27)8-5-15-28-19-6-3-2-4-7-19/h2-4,6-7,9-10,16,18H,5,8,11-15H2,1H3,(H,24,25). The Balaban J connectivity index is 1.23.